The van der Waals surface area contributed by atoms with E-state index in [0.29, 0.717) is 16.5 Å². The highest BCUT2D eigenvalue weighted by molar-refractivity contribution is 7.98. The van der Waals surface area contributed by atoms with Crippen LogP contribution in [0.15, 0.2) is 17.0 Å². The maximum atomic E-state index is 10.4. The molecule has 0 aromatic heterocycles. The number of hydrogen-bond acceptors (Lipinski definition) is 2. The minimum absolute atomic E-state index is 0.0642. The van der Waals surface area contributed by atoms with Crippen molar-refractivity contribution in [2.75, 3.05) is 6.26 Å². The zero-order chi connectivity index (χ0) is 11.4. The van der Waals surface area contributed by atoms with Gasteiger partial charge >= 0.3 is 5.97 Å². The quantitative estimate of drug-likeness (QED) is 0.843. The second kappa shape index (κ2) is 5.64. The lowest BCUT2D eigenvalue weighted by atomic mass is 10.1. The minimum Gasteiger partial charge on any atom is -0.481 e. The number of carbonyl (C=O) groups is 1. The van der Waals surface area contributed by atoms with Crippen molar-refractivity contribution in [3.63, 3.8) is 0 Å². The molecule has 0 saturated carbocycles. The van der Waals surface area contributed by atoms with E-state index >= 15 is 0 Å². The molecular formula is C10H10Cl2O2S. The average molecular weight is 265 g/mol. The van der Waals surface area contributed by atoms with Crippen molar-refractivity contribution in [1.29, 1.82) is 0 Å². The van der Waals surface area contributed by atoms with Crippen LogP contribution in [-0.4, -0.2) is 17.3 Å². The van der Waals surface area contributed by atoms with Crippen LogP contribution in [0.5, 0.6) is 0 Å². The molecule has 0 bridgehead atoms. The Hall–Kier alpha value is -0.380. The predicted octanol–water partition coefficient (Wildman–Crippen LogP) is 3.73. The number of hydrogen-bond donors (Lipinski definition) is 1. The van der Waals surface area contributed by atoms with E-state index in [2.05, 4.69) is 0 Å². The molecule has 1 N–H and O–H groups in total. The van der Waals surface area contributed by atoms with Gasteiger partial charge in [0.25, 0.3) is 0 Å². The molecule has 1 rings (SSSR count). The fourth-order valence-corrected chi connectivity index (χ4v) is 2.39. The molecular weight excluding hydrogens is 255 g/mol. The first kappa shape index (κ1) is 12.7. The maximum Gasteiger partial charge on any atom is 0.303 e. The molecule has 5 heteroatoms. The third-order valence-corrected chi connectivity index (χ3v) is 3.48. The Morgan fingerprint density at radius 3 is 2.60 bits per heavy atom. The lowest BCUT2D eigenvalue weighted by molar-refractivity contribution is -0.136. The number of benzene rings is 1. The van der Waals surface area contributed by atoms with Crippen LogP contribution in [0.25, 0.3) is 0 Å². The van der Waals surface area contributed by atoms with Crippen molar-refractivity contribution >= 4 is 40.9 Å². The monoisotopic (exact) mass is 264 g/mol. The van der Waals surface area contributed by atoms with Gasteiger partial charge in [-0.1, -0.05) is 23.2 Å². The molecule has 2 nitrogen and oxygen atoms in total. The molecule has 0 heterocycles. The van der Waals surface area contributed by atoms with E-state index in [1.54, 1.807) is 12.1 Å². The van der Waals surface area contributed by atoms with Crippen molar-refractivity contribution < 1.29 is 9.90 Å². The highest BCUT2D eigenvalue weighted by atomic mass is 35.5. The van der Waals surface area contributed by atoms with E-state index in [1.165, 1.54) is 11.8 Å². The molecule has 0 amide bonds. The molecule has 0 atom stereocenters. The molecule has 0 unspecified atom stereocenters. The molecule has 0 fully saturated rings. The average Bonchev–Trinajstić information content (AvgIpc) is 2.18. The van der Waals surface area contributed by atoms with Crippen molar-refractivity contribution in [2.45, 2.75) is 17.7 Å². The summed E-state index contributed by atoms with van der Waals surface area (Å²) in [5.41, 5.74) is 0.780. The molecule has 82 valence electrons. The van der Waals surface area contributed by atoms with Gasteiger partial charge in [0.2, 0.25) is 0 Å². The van der Waals surface area contributed by atoms with Crippen molar-refractivity contribution in [3.05, 3.63) is 27.7 Å². The second-order valence-corrected chi connectivity index (χ2v) is 4.63. The molecule has 1 aromatic carbocycles. The summed E-state index contributed by atoms with van der Waals surface area (Å²) in [4.78, 5) is 11.3. The van der Waals surface area contributed by atoms with Gasteiger partial charge in [-0.05, 0) is 30.4 Å². The largest absolute Gasteiger partial charge is 0.481 e. The van der Waals surface area contributed by atoms with Gasteiger partial charge in [-0.3, -0.25) is 4.79 Å². The second-order valence-electron chi connectivity index (χ2n) is 2.97. The van der Waals surface area contributed by atoms with Crippen LogP contribution < -0.4 is 0 Å². The van der Waals surface area contributed by atoms with Crippen LogP contribution in [0.1, 0.15) is 12.0 Å². The first-order chi connectivity index (χ1) is 7.04. The first-order valence-electron chi connectivity index (χ1n) is 4.28. The summed E-state index contributed by atoms with van der Waals surface area (Å²) in [6, 6.07) is 3.50. The van der Waals surface area contributed by atoms with Crippen molar-refractivity contribution in [2.24, 2.45) is 0 Å². The van der Waals surface area contributed by atoms with Gasteiger partial charge in [-0.2, -0.15) is 0 Å². The van der Waals surface area contributed by atoms with Crippen LogP contribution >= 0.6 is 35.0 Å². The van der Waals surface area contributed by atoms with Crippen molar-refractivity contribution in [1.82, 2.24) is 0 Å². The fourth-order valence-electron chi connectivity index (χ4n) is 1.16. The number of rotatable bonds is 4. The summed E-state index contributed by atoms with van der Waals surface area (Å²) in [5, 5.41) is 9.75. The minimum atomic E-state index is -0.837. The van der Waals surface area contributed by atoms with Gasteiger partial charge in [0.05, 0.1) is 5.02 Å². The normalized spacial score (nSPS) is 10.3. The third kappa shape index (κ3) is 3.59. The molecule has 1 aromatic rings. The molecule has 15 heavy (non-hydrogen) atoms. The number of thioether (sulfide) groups is 1. The molecule has 0 radical (unpaired) electrons. The number of halogens is 2. The Morgan fingerprint density at radius 1 is 1.40 bits per heavy atom. The molecule has 0 saturated heterocycles. The number of carboxylic acids is 1. The van der Waals surface area contributed by atoms with Crippen LogP contribution in [-0.2, 0) is 11.2 Å². The molecule has 0 aliphatic heterocycles. The van der Waals surface area contributed by atoms with E-state index in [1.807, 2.05) is 6.26 Å². The van der Waals surface area contributed by atoms with E-state index in [4.69, 9.17) is 28.3 Å². The van der Waals surface area contributed by atoms with Crippen LogP contribution in [0.2, 0.25) is 10.0 Å². The summed E-state index contributed by atoms with van der Waals surface area (Å²) in [6.45, 7) is 0. The number of aliphatic carboxylic acids is 1. The van der Waals surface area contributed by atoms with E-state index < -0.39 is 5.97 Å². The van der Waals surface area contributed by atoms with E-state index in [0.717, 1.165) is 10.5 Å². The Kier molecular flexibility index (Phi) is 4.77. The topological polar surface area (TPSA) is 37.3 Å². The summed E-state index contributed by atoms with van der Waals surface area (Å²) < 4.78 is 0. The lowest BCUT2D eigenvalue weighted by Gasteiger charge is -2.06. The zero-order valence-corrected chi connectivity index (χ0v) is 10.4. The Labute approximate surface area is 103 Å². The van der Waals surface area contributed by atoms with Crippen LogP contribution in [0.3, 0.4) is 0 Å². The van der Waals surface area contributed by atoms with Crippen molar-refractivity contribution in [3.8, 4) is 0 Å². The Morgan fingerprint density at radius 2 is 2.07 bits per heavy atom. The molecule has 0 aliphatic carbocycles. The van der Waals surface area contributed by atoms with Gasteiger partial charge in [0, 0.05) is 16.3 Å². The van der Waals surface area contributed by atoms with Crippen LogP contribution in [0.4, 0.5) is 0 Å². The zero-order valence-electron chi connectivity index (χ0n) is 8.09. The molecule has 0 aliphatic rings. The Balaban J connectivity index is 2.90. The molecule has 0 spiro atoms. The lowest BCUT2D eigenvalue weighted by Crippen LogP contribution is -1.98. The van der Waals surface area contributed by atoms with Gasteiger partial charge in [0.1, 0.15) is 0 Å². The summed E-state index contributed by atoms with van der Waals surface area (Å²) in [7, 11) is 0. The predicted molar refractivity (Wildman–Crippen MR) is 64.2 cm³/mol. The third-order valence-electron chi connectivity index (χ3n) is 1.93. The summed E-state index contributed by atoms with van der Waals surface area (Å²) >= 11 is 13.5. The standard InChI is InChI=1S/C10H10Cl2O2S/c1-15-9-5-7(11)6(4-8(9)12)2-3-10(13)14/h4-5H,2-3H2,1H3,(H,13,14). The fraction of sp³-hybridized carbons (Fsp3) is 0.300. The van der Waals surface area contributed by atoms with Crippen LogP contribution in [0, 0.1) is 0 Å². The smallest absolute Gasteiger partial charge is 0.303 e. The van der Waals surface area contributed by atoms with Gasteiger partial charge < -0.3 is 5.11 Å². The Bertz CT molecular complexity index is 380. The summed E-state index contributed by atoms with van der Waals surface area (Å²) in [5.74, 6) is -0.837. The number of aryl methyl sites for hydroxylation is 1. The van der Waals surface area contributed by atoms with E-state index in [-0.39, 0.29) is 6.42 Å². The highest BCUT2D eigenvalue weighted by Crippen LogP contribution is 2.31. The van der Waals surface area contributed by atoms with Gasteiger partial charge in [-0.15, -0.1) is 11.8 Å². The SMILES string of the molecule is CSc1cc(Cl)c(CCC(=O)O)cc1Cl. The van der Waals surface area contributed by atoms with E-state index in [9.17, 15) is 4.79 Å². The number of carboxylic acid groups (broad SMARTS) is 1. The summed E-state index contributed by atoms with van der Waals surface area (Å²) in [6.07, 6.45) is 2.38. The van der Waals surface area contributed by atoms with Gasteiger partial charge in [0.15, 0.2) is 0 Å². The van der Waals surface area contributed by atoms with Gasteiger partial charge in [-0.25, -0.2) is 0 Å². The highest BCUT2D eigenvalue weighted by Gasteiger charge is 2.08. The maximum absolute atomic E-state index is 10.4. The first-order valence-corrected chi connectivity index (χ1v) is 6.26.